The molecule has 1 unspecified atom stereocenters. The molecule has 28 heavy (non-hydrogen) atoms. The van der Waals surface area contributed by atoms with Gasteiger partial charge in [-0.3, -0.25) is 9.19 Å². The fourth-order valence-electron chi connectivity index (χ4n) is 3.06. The molecule has 1 aliphatic heterocycles. The van der Waals surface area contributed by atoms with Gasteiger partial charge in [0.2, 0.25) is 0 Å². The van der Waals surface area contributed by atoms with Crippen LogP contribution in [0.1, 0.15) is 24.6 Å². The highest BCUT2D eigenvalue weighted by molar-refractivity contribution is 7.84. The fraction of sp³-hybridized carbons (Fsp3) is 0.400. The Morgan fingerprint density at radius 1 is 1.25 bits per heavy atom. The third-order valence-corrected chi connectivity index (χ3v) is 5.86. The van der Waals surface area contributed by atoms with E-state index in [2.05, 4.69) is 15.0 Å². The second-order valence-electron chi connectivity index (χ2n) is 6.90. The van der Waals surface area contributed by atoms with E-state index in [4.69, 9.17) is 14.2 Å². The largest absolute Gasteiger partial charge is 0.488 e. The molecule has 0 spiro atoms. The van der Waals surface area contributed by atoms with E-state index in [1.165, 1.54) is 0 Å². The number of hydrogen-bond donors (Lipinski definition) is 1. The number of aromatic nitrogens is 3. The fourth-order valence-corrected chi connectivity index (χ4v) is 4.16. The van der Waals surface area contributed by atoms with Crippen LogP contribution in [0.3, 0.4) is 0 Å². The topological polar surface area (TPSA) is 86.3 Å². The minimum Gasteiger partial charge on any atom is -0.488 e. The molecule has 1 fully saturated rings. The van der Waals surface area contributed by atoms with Crippen molar-refractivity contribution in [2.75, 3.05) is 19.8 Å². The van der Waals surface area contributed by atoms with Gasteiger partial charge in [0, 0.05) is 11.8 Å². The first-order valence-corrected chi connectivity index (χ1v) is 10.5. The molecule has 4 rings (SSSR count). The smallest absolute Gasteiger partial charge is 0.199 e. The first-order chi connectivity index (χ1) is 13.5. The van der Waals surface area contributed by atoms with Crippen molar-refractivity contribution in [3.05, 3.63) is 47.8 Å². The molecule has 3 aromatic rings. The summed E-state index contributed by atoms with van der Waals surface area (Å²) in [5.41, 5.74) is 3.24. The number of hydrogen-bond acceptors (Lipinski definition) is 6. The molecule has 0 aliphatic carbocycles. The number of para-hydroxylation sites is 2. The van der Waals surface area contributed by atoms with Crippen LogP contribution in [0.4, 0.5) is 0 Å². The van der Waals surface area contributed by atoms with Gasteiger partial charge in [-0.15, -0.1) is 0 Å². The first-order valence-electron chi connectivity index (χ1n) is 9.22. The molecule has 1 saturated heterocycles. The van der Waals surface area contributed by atoms with Gasteiger partial charge in [-0.1, -0.05) is 12.1 Å². The summed E-state index contributed by atoms with van der Waals surface area (Å²) in [6, 6.07) is 9.43. The van der Waals surface area contributed by atoms with E-state index in [0.29, 0.717) is 29.8 Å². The summed E-state index contributed by atoms with van der Waals surface area (Å²) >= 11 is 0. The van der Waals surface area contributed by atoms with Crippen LogP contribution in [0, 0.1) is 6.92 Å². The van der Waals surface area contributed by atoms with Crippen molar-refractivity contribution in [3.63, 3.8) is 0 Å². The minimum atomic E-state index is -1.34. The van der Waals surface area contributed by atoms with Crippen molar-refractivity contribution in [1.29, 1.82) is 0 Å². The predicted molar refractivity (Wildman–Crippen MR) is 106 cm³/mol. The standard InChI is InChI=1S/C20H23N3O4S/c1-14-17(12-28(24)19-22-15-6-3-4-7-16(15)23-19)21-9-8-18(14)25-13-20(2)26-10-5-11-27-20/h3-4,6-9H,5,10-13H2,1-2H3,(H,22,23). The lowest BCUT2D eigenvalue weighted by atomic mass is 10.2. The number of ether oxygens (including phenoxy) is 3. The average Bonchev–Trinajstić information content (AvgIpc) is 3.14. The highest BCUT2D eigenvalue weighted by Gasteiger charge is 2.30. The molecule has 7 nitrogen and oxygen atoms in total. The quantitative estimate of drug-likeness (QED) is 0.683. The average molecular weight is 401 g/mol. The maximum Gasteiger partial charge on any atom is 0.199 e. The Labute approximate surface area is 165 Å². The van der Waals surface area contributed by atoms with Crippen LogP contribution in [0.5, 0.6) is 5.75 Å². The molecule has 2 aromatic heterocycles. The summed E-state index contributed by atoms with van der Waals surface area (Å²) in [5, 5.41) is 0.449. The van der Waals surface area contributed by atoms with Gasteiger partial charge in [-0.05, 0) is 38.5 Å². The molecule has 148 valence electrons. The maximum atomic E-state index is 12.8. The van der Waals surface area contributed by atoms with E-state index in [9.17, 15) is 4.21 Å². The van der Waals surface area contributed by atoms with Crippen molar-refractivity contribution in [2.45, 2.75) is 37.0 Å². The van der Waals surface area contributed by atoms with Gasteiger partial charge >= 0.3 is 0 Å². The van der Waals surface area contributed by atoms with E-state index >= 15 is 0 Å². The van der Waals surface area contributed by atoms with Crippen LogP contribution in [-0.4, -0.2) is 44.8 Å². The van der Waals surface area contributed by atoms with Crippen LogP contribution in [0.25, 0.3) is 11.0 Å². The number of aromatic amines is 1. The van der Waals surface area contributed by atoms with E-state index in [0.717, 1.165) is 23.0 Å². The number of nitrogens with zero attached hydrogens (tertiary/aromatic N) is 2. The normalized spacial score (nSPS) is 17.5. The Kier molecular flexibility index (Phi) is 5.43. The molecule has 1 aliphatic rings. The van der Waals surface area contributed by atoms with Gasteiger partial charge in [0.15, 0.2) is 10.9 Å². The molecule has 0 saturated carbocycles. The number of pyridine rings is 1. The third kappa shape index (κ3) is 4.09. The summed E-state index contributed by atoms with van der Waals surface area (Å²) in [6.45, 7) is 5.40. The Balaban J connectivity index is 1.47. The summed E-state index contributed by atoms with van der Waals surface area (Å²) in [6.07, 6.45) is 2.56. The number of fused-ring (bicyclic) bond motifs is 1. The van der Waals surface area contributed by atoms with Crippen LogP contribution in [-0.2, 0) is 26.0 Å². The minimum absolute atomic E-state index is 0.257. The second kappa shape index (κ2) is 7.98. The molecular weight excluding hydrogens is 378 g/mol. The molecule has 0 amide bonds. The first kappa shape index (κ1) is 19.0. The van der Waals surface area contributed by atoms with Crippen molar-refractivity contribution in [2.24, 2.45) is 0 Å². The maximum absolute atomic E-state index is 12.8. The lowest BCUT2D eigenvalue weighted by molar-refractivity contribution is -0.267. The monoisotopic (exact) mass is 401 g/mol. The Bertz CT molecular complexity index is 965. The third-order valence-electron chi connectivity index (χ3n) is 4.70. The van der Waals surface area contributed by atoms with Crippen LogP contribution >= 0.6 is 0 Å². The second-order valence-corrected chi connectivity index (χ2v) is 8.27. The highest BCUT2D eigenvalue weighted by Crippen LogP contribution is 2.25. The van der Waals surface area contributed by atoms with Crippen molar-refractivity contribution < 1.29 is 18.4 Å². The number of rotatable bonds is 6. The molecule has 1 N–H and O–H groups in total. The predicted octanol–water partition coefficient (Wildman–Crippen LogP) is 3.11. The number of nitrogens with one attached hydrogen (secondary N) is 1. The van der Waals surface area contributed by atoms with Gasteiger partial charge in [-0.25, -0.2) is 4.98 Å². The van der Waals surface area contributed by atoms with Gasteiger partial charge in [0.05, 0.1) is 46.5 Å². The lowest BCUT2D eigenvalue weighted by Gasteiger charge is -2.33. The van der Waals surface area contributed by atoms with E-state index in [-0.39, 0.29) is 12.4 Å². The Hall–Kier alpha value is -2.29. The SMILES string of the molecule is Cc1c(OCC2(C)OCCCO2)ccnc1CS(=O)c1nc2ccccc2[nH]1. The van der Waals surface area contributed by atoms with Crippen LogP contribution < -0.4 is 4.74 Å². The number of H-pyrrole nitrogens is 1. The van der Waals surface area contributed by atoms with Crippen molar-refractivity contribution in [3.8, 4) is 5.75 Å². The number of benzene rings is 1. The van der Waals surface area contributed by atoms with Gasteiger partial charge in [0.25, 0.3) is 0 Å². The zero-order valence-corrected chi connectivity index (χ0v) is 16.8. The summed E-state index contributed by atoms with van der Waals surface area (Å²) in [5.74, 6) is 0.198. The molecule has 1 atom stereocenters. The van der Waals surface area contributed by atoms with Crippen molar-refractivity contribution >= 4 is 21.8 Å². The number of imidazole rings is 1. The zero-order valence-electron chi connectivity index (χ0n) is 15.9. The van der Waals surface area contributed by atoms with Crippen LogP contribution in [0.15, 0.2) is 41.7 Å². The molecule has 3 heterocycles. The molecule has 1 aromatic carbocycles. The summed E-state index contributed by atoms with van der Waals surface area (Å²) in [4.78, 5) is 11.9. The molecule has 0 radical (unpaired) electrons. The molecule has 8 heteroatoms. The van der Waals surface area contributed by atoms with E-state index in [1.807, 2.05) is 38.1 Å². The summed E-state index contributed by atoms with van der Waals surface area (Å²) in [7, 11) is -1.34. The van der Waals surface area contributed by atoms with E-state index < -0.39 is 16.6 Å². The molecular formula is C20H23N3O4S. The molecule has 0 bridgehead atoms. The van der Waals surface area contributed by atoms with E-state index in [1.54, 1.807) is 12.3 Å². The van der Waals surface area contributed by atoms with Crippen molar-refractivity contribution in [1.82, 2.24) is 15.0 Å². The van der Waals surface area contributed by atoms with Crippen LogP contribution in [0.2, 0.25) is 0 Å². The Morgan fingerprint density at radius 2 is 2.04 bits per heavy atom. The van der Waals surface area contributed by atoms with Gasteiger partial charge in [-0.2, -0.15) is 0 Å². The zero-order chi connectivity index (χ0) is 19.6. The van der Waals surface area contributed by atoms with Gasteiger partial charge < -0.3 is 19.2 Å². The highest BCUT2D eigenvalue weighted by atomic mass is 32.2. The Morgan fingerprint density at radius 3 is 2.82 bits per heavy atom. The lowest BCUT2D eigenvalue weighted by Crippen LogP contribution is -2.42. The summed E-state index contributed by atoms with van der Waals surface area (Å²) < 4.78 is 30.1. The van der Waals surface area contributed by atoms with Gasteiger partial charge in [0.1, 0.15) is 12.4 Å².